The van der Waals surface area contributed by atoms with Gasteiger partial charge >= 0.3 is 0 Å². The maximum atomic E-state index is 10.5. The molecule has 0 aromatic carbocycles. The molecule has 1 fully saturated rings. The van der Waals surface area contributed by atoms with Crippen LogP contribution in [0.25, 0.3) is 0 Å². The second-order valence-corrected chi connectivity index (χ2v) is 4.67. The van der Waals surface area contributed by atoms with Crippen LogP contribution < -0.4 is 0 Å². The zero-order chi connectivity index (χ0) is 10.9. The van der Waals surface area contributed by atoms with Gasteiger partial charge in [-0.2, -0.15) is 8.42 Å². The lowest BCUT2D eigenvalue weighted by Crippen LogP contribution is -2.54. The molecule has 0 bridgehead atoms. The molecule has 14 heavy (non-hydrogen) atoms. The molecular weight excluding hydrogens is 216 g/mol. The first kappa shape index (κ1) is 11.8. The summed E-state index contributed by atoms with van der Waals surface area (Å²) in [6.07, 6.45) is -5.46. The molecule has 84 valence electrons. The third-order valence-corrected chi connectivity index (χ3v) is 2.73. The Hall–Kier alpha value is -0.250. The Bertz CT molecular complexity index is 287. The van der Waals surface area contributed by atoms with Gasteiger partial charge in [0.1, 0.15) is 30.2 Å². The summed E-state index contributed by atoms with van der Waals surface area (Å²) < 4.78 is 34.1. The minimum Gasteiger partial charge on any atom is -0.388 e. The molecule has 0 unspecified atom stereocenters. The number of hydrogen-bond donors (Lipinski definition) is 4. The number of aliphatic hydroxyl groups excluding tert-OH is 3. The second kappa shape index (κ2) is 4.09. The van der Waals surface area contributed by atoms with Gasteiger partial charge in [-0.25, -0.2) is 0 Å². The quantitative estimate of drug-likeness (QED) is 0.381. The van der Waals surface area contributed by atoms with Crippen LogP contribution in [-0.2, 0) is 14.9 Å². The van der Waals surface area contributed by atoms with Crippen LogP contribution in [0.2, 0.25) is 0 Å². The molecule has 1 rings (SSSR count). The van der Waals surface area contributed by atoms with E-state index in [1.54, 1.807) is 0 Å². The van der Waals surface area contributed by atoms with Crippen LogP contribution in [0.3, 0.4) is 0 Å². The van der Waals surface area contributed by atoms with E-state index in [1.165, 1.54) is 0 Å². The maximum Gasteiger partial charge on any atom is 0.267 e. The SMILES string of the molecule is O=S(=O)(O)C[C@H]1OC[C@H](O)[C@@H](O)[C@@H]1O. The first-order valence-corrected chi connectivity index (χ1v) is 5.53. The molecule has 0 radical (unpaired) electrons. The maximum absolute atomic E-state index is 10.5. The Morgan fingerprint density at radius 2 is 1.79 bits per heavy atom. The van der Waals surface area contributed by atoms with Crippen LogP contribution in [0, 0.1) is 0 Å². The van der Waals surface area contributed by atoms with Crippen LogP contribution in [0.1, 0.15) is 0 Å². The fourth-order valence-electron chi connectivity index (χ4n) is 1.22. The van der Waals surface area contributed by atoms with Gasteiger partial charge in [0.05, 0.1) is 6.61 Å². The van der Waals surface area contributed by atoms with Crippen molar-refractivity contribution in [3.63, 3.8) is 0 Å². The fourth-order valence-corrected chi connectivity index (χ4v) is 1.93. The van der Waals surface area contributed by atoms with E-state index in [-0.39, 0.29) is 6.61 Å². The highest BCUT2D eigenvalue weighted by Gasteiger charge is 2.39. The van der Waals surface area contributed by atoms with Crippen molar-refractivity contribution < 1.29 is 33.0 Å². The lowest BCUT2D eigenvalue weighted by molar-refractivity contribution is -0.180. The van der Waals surface area contributed by atoms with E-state index in [4.69, 9.17) is 19.5 Å². The molecule has 0 amide bonds. The second-order valence-electron chi connectivity index (χ2n) is 3.17. The Kier molecular flexibility index (Phi) is 3.45. The highest BCUT2D eigenvalue weighted by atomic mass is 32.2. The Labute approximate surface area is 80.7 Å². The zero-order valence-electron chi connectivity index (χ0n) is 7.15. The molecule has 0 aromatic rings. The minimum absolute atomic E-state index is 0.279. The van der Waals surface area contributed by atoms with Gasteiger partial charge in [0.15, 0.2) is 0 Å². The molecule has 1 heterocycles. The average molecular weight is 228 g/mol. The van der Waals surface area contributed by atoms with E-state index in [9.17, 15) is 13.5 Å². The van der Waals surface area contributed by atoms with Crippen molar-refractivity contribution in [2.45, 2.75) is 24.4 Å². The van der Waals surface area contributed by atoms with E-state index in [0.717, 1.165) is 0 Å². The van der Waals surface area contributed by atoms with Crippen molar-refractivity contribution in [2.24, 2.45) is 0 Å². The van der Waals surface area contributed by atoms with Crippen molar-refractivity contribution in [1.82, 2.24) is 0 Å². The monoisotopic (exact) mass is 228 g/mol. The summed E-state index contributed by atoms with van der Waals surface area (Å²) in [4.78, 5) is 0. The van der Waals surface area contributed by atoms with Crippen LogP contribution in [0.5, 0.6) is 0 Å². The molecule has 0 saturated carbocycles. The number of hydrogen-bond acceptors (Lipinski definition) is 6. The lowest BCUT2D eigenvalue weighted by atomic mass is 10.0. The molecule has 1 aliphatic rings. The summed E-state index contributed by atoms with van der Waals surface area (Å²) in [6.45, 7) is -0.279. The summed E-state index contributed by atoms with van der Waals surface area (Å²) >= 11 is 0. The normalized spacial score (nSPS) is 39.7. The highest BCUT2D eigenvalue weighted by Crippen LogP contribution is 2.16. The molecule has 4 N–H and O–H groups in total. The zero-order valence-corrected chi connectivity index (χ0v) is 7.96. The van der Waals surface area contributed by atoms with Gasteiger partial charge in [-0.1, -0.05) is 0 Å². The van der Waals surface area contributed by atoms with Crippen molar-refractivity contribution in [3.05, 3.63) is 0 Å². The Balaban J connectivity index is 2.64. The highest BCUT2D eigenvalue weighted by molar-refractivity contribution is 7.85. The molecule has 1 saturated heterocycles. The fraction of sp³-hybridized carbons (Fsp3) is 1.00. The molecule has 0 aliphatic carbocycles. The third kappa shape index (κ3) is 2.87. The topological polar surface area (TPSA) is 124 Å². The summed E-state index contributed by atoms with van der Waals surface area (Å²) in [5, 5.41) is 27.4. The third-order valence-electron chi connectivity index (χ3n) is 1.98. The summed E-state index contributed by atoms with van der Waals surface area (Å²) in [7, 11) is -4.28. The number of rotatable bonds is 2. The van der Waals surface area contributed by atoms with Gasteiger partial charge in [-0.15, -0.1) is 0 Å². The molecule has 4 atom stereocenters. The van der Waals surface area contributed by atoms with Crippen molar-refractivity contribution >= 4 is 10.1 Å². The predicted molar refractivity (Wildman–Crippen MR) is 44.2 cm³/mol. The van der Waals surface area contributed by atoms with E-state index in [1.807, 2.05) is 0 Å². The molecule has 8 heteroatoms. The van der Waals surface area contributed by atoms with Gasteiger partial charge in [-0.05, 0) is 0 Å². The summed E-state index contributed by atoms with van der Waals surface area (Å²) in [6, 6.07) is 0. The van der Waals surface area contributed by atoms with Crippen molar-refractivity contribution in [1.29, 1.82) is 0 Å². The predicted octanol–water partition coefficient (Wildman–Crippen LogP) is -2.64. The van der Waals surface area contributed by atoms with E-state index >= 15 is 0 Å². The van der Waals surface area contributed by atoms with Gasteiger partial charge in [-0.3, -0.25) is 4.55 Å². The van der Waals surface area contributed by atoms with Gasteiger partial charge in [0, 0.05) is 0 Å². The van der Waals surface area contributed by atoms with Crippen LogP contribution in [0.4, 0.5) is 0 Å². The van der Waals surface area contributed by atoms with Gasteiger partial charge in [0.2, 0.25) is 0 Å². The van der Waals surface area contributed by atoms with Crippen LogP contribution in [-0.4, -0.2) is 65.1 Å². The van der Waals surface area contributed by atoms with Gasteiger partial charge < -0.3 is 20.1 Å². The molecule has 7 nitrogen and oxygen atoms in total. The molecule has 0 aromatic heterocycles. The summed E-state index contributed by atoms with van der Waals surface area (Å²) in [5.41, 5.74) is 0. The van der Waals surface area contributed by atoms with Crippen LogP contribution in [0.15, 0.2) is 0 Å². The standard InChI is InChI=1S/C6H12O7S/c7-3-1-13-4(2-14(10,11)12)6(9)5(3)8/h3-9H,1-2H2,(H,10,11,12)/t3-,4+,5+,6+/m0/s1. The summed E-state index contributed by atoms with van der Waals surface area (Å²) in [5.74, 6) is -0.808. The minimum atomic E-state index is -4.28. The first-order valence-electron chi connectivity index (χ1n) is 3.92. The lowest BCUT2D eigenvalue weighted by Gasteiger charge is -2.34. The van der Waals surface area contributed by atoms with Crippen LogP contribution >= 0.6 is 0 Å². The Morgan fingerprint density at radius 1 is 1.21 bits per heavy atom. The van der Waals surface area contributed by atoms with Crippen molar-refractivity contribution in [2.75, 3.05) is 12.4 Å². The van der Waals surface area contributed by atoms with Crippen molar-refractivity contribution in [3.8, 4) is 0 Å². The van der Waals surface area contributed by atoms with E-state index < -0.39 is 40.3 Å². The number of ether oxygens (including phenoxy) is 1. The largest absolute Gasteiger partial charge is 0.388 e. The molecular formula is C6H12O7S. The van der Waals surface area contributed by atoms with Gasteiger partial charge in [0.25, 0.3) is 10.1 Å². The average Bonchev–Trinajstić information content (AvgIpc) is 2.04. The Morgan fingerprint density at radius 3 is 2.29 bits per heavy atom. The van der Waals surface area contributed by atoms with E-state index in [0.29, 0.717) is 0 Å². The molecule has 0 spiro atoms. The first-order chi connectivity index (χ1) is 6.31. The van der Waals surface area contributed by atoms with E-state index in [2.05, 4.69) is 0 Å². The number of aliphatic hydroxyl groups is 3. The smallest absolute Gasteiger partial charge is 0.267 e. The molecule has 1 aliphatic heterocycles.